The summed E-state index contributed by atoms with van der Waals surface area (Å²) in [6.45, 7) is 4.12. The highest BCUT2D eigenvalue weighted by Crippen LogP contribution is 2.21. The van der Waals surface area contributed by atoms with Gasteiger partial charge in [-0.25, -0.2) is 8.42 Å². The molecule has 0 aromatic heterocycles. The van der Waals surface area contributed by atoms with E-state index in [1.54, 1.807) is 0 Å². The van der Waals surface area contributed by atoms with Gasteiger partial charge >= 0.3 is 0 Å². The zero-order chi connectivity index (χ0) is 14.7. The lowest BCUT2D eigenvalue weighted by Gasteiger charge is -2.33. The molecule has 0 radical (unpaired) electrons. The molecule has 1 heterocycles. The van der Waals surface area contributed by atoms with E-state index in [-0.39, 0.29) is 37.1 Å². The Morgan fingerprint density at radius 3 is 2.32 bits per heavy atom. The molecule has 6 nitrogen and oxygen atoms in total. The Hall–Kier alpha value is -1.11. The summed E-state index contributed by atoms with van der Waals surface area (Å²) in [5, 5.41) is 2.79. The molecule has 0 saturated carbocycles. The molecule has 1 N–H and O–H groups in total. The predicted octanol–water partition coefficient (Wildman–Crippen LogP) is -0.0617. The van der Waals surface area contributed by atoms with Gasteiger partial charge in [-0.05, 0) is 12.8 Å². The highest BCUT2D eigenvalue weighted by molar-refractivity contribution is 7.90. The number of rotatable bonds is 5. The van der Waals surface area contributed by atoms with E-state index in [0.29, 0.717) is 12.8 Å². The molecule has 0 bridgehead atoms. The normalized spacial score (nSPS) is 20.1. The number of nitrogens with one attached hydrogen (secondary N) is 1. The second-order valence-corrected chi connectivity index (χ2v) is 7.27. The van der Waals surface area contributed by atoms with Gasteiger partial charge in [-0.1, -0.05) is 13.8 Å². The van der Waals surface area contributed by atoms with Crippen molar-refractivity contribution in [2.45, 2.75) is 38.6 Å². The first-order chi connectivity index (χ1) is 8.74. The lowest BCUT2D eigenvalue weighted by molar-refractivity contribution is -0.139. The minimum atomic E-state index is -3.12. The van der Waals surface area contributed by atoms with Crippen LogP contribution in [0.5, 0.6) is 0 Å². The van der Waals surface area contributed by atoms with Gasteiger partial charge in [-0.2, -0.15) is 0 Å². The topological polar surface area (TPSA) is 83.6 Å². The van der Waals surface area contributed by atoms with Gasteiger partial charge in [0.05, 0.1) is 5.75 Å². The smallest absolute Gasteiger partial charge is 0.248 e. The summed E-state index contributed by atoms with van der Waals surface area (Å²) in [5.74, 6) is -0.401. The average Bonchev–Trinajstić information content (AvgIpc) is 2.45. The third-order valence-electron chi connectivity index (χ3n) is 3.62. The summed E-state index contributed by atoms with van der Waals surface area (Å²) in [4.78, 5) is 25.7. The van der Waals surface area contributed by atoms with E-state index in [0.717, 1.165) is 6.26 Å². The highest BCUT2D eigenvalue weighted by atomic mass is 32.2. The number of amides is 2. The molecule has 0 unspecified atom stereocenters. The minimum Gasteiger partial charge on any atom is -0.342 e. The van der Waals surface area contributed by atoms with Gasteiger partial charge in [0.2, 0.25) is 11.8 Å². The molecule has 19 heavy (non-hydrogen) atoms. The van der Waals surface area contributed by atoms with E-state index < -0.39 is 15.4 Å². The SMILES string of the molecule is CCC1(CC)NC(=O)CCN(CCS(C)(=O)=O)C1=O. The van der Waals surface area contributed by atoms with Gasteiger partial charge in [-0.3, -0.25) is 9.59 Å². The van der Waals surface area contributed by atoms with Crippen molar-refractivity contribution < 1.29 is 18.0 Å². The van der Waals surface area contributed by atoms with Crippen LogP contribution in [0, 0.1) is 0 Å². The van der Waals surface area contributed by atoms with Crippen molar-refractivity contribution in [3.05, 3.63) is 0 Å². The van der Waals surface area contributed by atoms with Crippen LogP contribution in [0.25, 0.3) is 0 Å². The van der Waals surface area contributed by atoms with Gasteiger partial charge in [0, 0.05) is 25.8 Å². The first-order valence-electron chi connectivity index (χ1n) is 6.52. The Balaban J connectivity index is 2.93. The van der Waals surface area contributed by atoms with Gasteiger partial charge in [0.1, 0.15) is 15.4 Å². The van der Waals surface area contributed by atoms with Crippen LogP contribution in [0.2, 0.25) is 0 Å². The molecule has 1 saturated heterocycles. The predicted molar refractivity (Wildman–Crippen MR) is 72.4 cm³/mol. The molecule has 0 aromatic rings. The Morgan fingerprint density at radius 2 is 1.84 bits per heavy atom. The molecule has 1 rings (SSSR count). The summed E-state index contributed by atoms with van der Waals surface area (Å²) in [5.41, 5.74) is -0.884. The fourth-order valence-corrected chi connectivity index (χ4v) is 2.79. The second kappa shape index (κ2) is 5.90. The maximum Gasteiger partial charge on any atom is 0.248 e. The van der Waals surface area contributed by atoms with Crippen LogP contribution < -0.4 is 5.32 Å². The number of carbonyl (C=O) groups is 2. The molecule has 110 valence electrons. The third-order valence-corrected chi connectivity index (χ3v) is 4.55. The van der Waals surface area contributed by atoms with Crippen LogP contribution in [-0.2, 0) is 19.4 Å². The van der Waals surface area contributed by atoms with E-state index in [4.69, 9.17) is 0 Å². The monoisotopic (exact) mass is 290 g/mol. The molecular weight excluding hydrogens is 268 g/mol. The summed E-state index contributed by atoms with van der Waals surface area (Å²) in [6.07, 6.45) is 2.37. The first kappa shape index (κ1) is 15.9. The number of hydrogen-bond donors (Lipinski definition) is 1. The second-order valence-electron chi connectivity index (χ2n) is 5.01. The molecule has 1 aliphatic heterocycles. The maximum absolute atomic E-state index is 12.5. The fourth-order valence-electron chi connectivity index (χ4n) is 2.24. The van der Waals surface area contributed by atoms with Crippen molar-refractivity contribution >= 4 is 21.7 Å². The lowest BCUT2D eigenvalue weighted by Crippen LogP contribution is -2.56. The van der Waals surface area contributed by atoms with E-state index in [1.165, 1.54) is 4.90 Å². The Bertz CT molecular complexity index is 454. The molecule has 0 spiro atoms. The van der Waals surface area contributed by atoms with E-state index >= 15 is 0 Å². The lowest BCUT2D eigenvalue weighted by atomic mass is 9.91. The highest BCUT2D eigenvalue weighted by Gasteiger charge is 2.41. The molecule has 1 fully saturated rings. The fraction of sp³-hybridized carbons (Fsp3) is 0.833. The van der Waals surface area contributed by atoms with Crippen molar-refractivity contribution in [2.75, 3.05) is 25.1 Å². The van der Waals surface area contributed by atoms with Crippen LogP contribution >= 0.6 is 0 Å². The standard InChI is InChI=1S/C12H22N2O4S/c1-4-12(5-2)11(16)14(7-6-10(15)13-12)8-9-19(3,17)18/h4-9H2,1-3H3,(H,13,15). The van der Waals surface area contributed by atoms with Crippen LogP contribution in [-0.4, -0.2) is 55.8 Å². The summed E-state index contributed by atoms with van der Waals surface area (Å²) in [6, 6.07) is 0. The van der Waals surface area contributed by atoms with Crippen molar-refractivity contribution in [3.8, 4) is 0 Å². The Labute approximate surface area is 114 Å². The molecular formula is C12H22N2O4S. The molecule has 0 aliphatic carbocycles. The summed E-state index contributed by atoms with van der Waals surface area (Å²) < 4.78 is 22.4. The molecule has 2 amide bonds. The zero-order valence-corrected chi connectivity index (χ0v) is 12.5. The van der Waals surface area contributed by atoms with E-state index in [9.17, 15) is 18.0 Å². The molecule has 7 heteroatoms. The molecule has 1 aliphatic rings. The third kappa shape index (κ3) is 3.92. The van der Waals surface area contributed by atoms with Gasteiger partial charge in [0.25, 0.3) is 0 Å². The van der Waals surface area contributed by atoms with Gasteiger partial charge < -0.3 is 10.2 Å². The number of nitrogens with zero attached hydrogens (tertiary/aromatic N) is 1. The first-order valence-corrected chi connectivity index (χ1v) is 8.58. The maximum atomic E-state index is 12.5. The Kier molecular flexibility index (Phi) is 4.95. The van der Waals surface area contributed by atoms with Crippen molar-refractivity contribution in [2.24, 2.45) is 0 Å². The summed E-state index contributed by atoms with van der Waals surface area (Å²) in [7, 11) is -3.12. The summed E-state index contributed by atoms with van der Waals surface area (Å²) >= 11 is 0. The van der Waals surface area contributed by atoms with Crippen molar-refractivity contribution in [1.29, 1.82) is 0 Å². The van der Waals surface area contributed by atoms with Crippen LogP contribution in [0.3, 0.4) is 0 Å². The largest absolute Gasteiger partial charge is 0.342 e. The number of carbonyl (C=O) groups excluding carboxylic acids is 2. The van der Waals surface area contributed by atoms with Crippen molar-refractivity contribution in [1.82, 2.24) is 10.2 Å². The van der Waals surface area contributed by atoms with E-state index in [2.05, 4.69) is 5.32 Å². The van der Waals surface area contributed by atoms with Gasteiger partial charge in [0.15, 0.2) is 0 Å². The van der Waals surface area contributed by atoms with Crippen LogP contribution in [0.1, 0.15) is 33.1 Å². The number of hydrogen-bond acceptors (Lipinski definition) is 4. The van der Waals surface area contributed by atoms with Crippen molar-refractivity contribution in [3.63, 3.8) is 0 Å². The molecule has 0 atom stereocenters. The van der Waals surface area contributed by atoms with Crippen LogP contribution in [0.15, 0.2) is 0 Å². The zero-order valence-electron chi connectivity index (χ0n) is 11.7. The Morgan fingerprint density at radius 1 is 1.26 bits per heavy atom. The quantitative estimate of drug-likeness (QED) is 0.769. The minimum absolute atomic E-state index is 0.0730. The average molecular weight is 290 g/mol. The van der Waals surface area contributed by atoms with Crippen LogP contribution in [0.4, 0.5) is 0 Å². The molecule has 0 aromatic carbocycles. The van der Waals surface area contributed by atoms with Gasteiger partial charge in [-0.15, -0.1) is 0 Å². The number of sulfone groups is 1. The van der Waals surface area contributed by atoms with E-state index in [1.807, 2.05) is 13.8 Å².